The molecule has 4 nitrogen and oxygen atoms in total. The highest BCUT2D eigenvalue weighted by atomic mass is 16.5. The van der Waals surface area contributed by atoms with Crippen LogP contribution >= 0.6 is 0 Å². The van der Waals surface area contributed by atoms with Crippen LogP contribution in [-0.2, 0) is 11.3 Å². The Morgan fingerprint density at radius 2 is 2.18 bits per heavy atom. The summed E-state index contributed by atoms with van der Waals surface area (Å²) >= 11 is 0. The highest BCUT2D eigenvalue weighted by Crippen LogP contribution is 2.28. The third-order valence-electron chi connectivity index (χ3n) is 3.09. The van der Waals surface area contributed by atoms with Crippen LogP contribution in [0.1, 0.15) is 51.3 Å². The van der Waals surface area contributed by atoms with E-state index >= 15 is 0 Å². The number of hydrogen-bond acceptors (Lipinski definition) is 3. The molecular formula is C13H23N3O. The topological polar surface area (TPSA) is 53.1 Å². The predicted molar refractivity (Wildman–Crippen MR) is 67.7 cm³/mol. The van der Waals surface area contributed by atoms with Gasteiger partial charge in [0, 0.05) is 11.7 Å². The molecule has 1 fully saturated rings. The second kappa shape index (κ2) is 5.19. The molecule has 0 atom stereocenters. The number of rotatable bonds is 5. The first kappa shape index (κ1) is 12.6. The third-order valence-corrected chi connectivity index (χ3v) is 3.09. The smallest absolute Gasteiger partial charge is 0.0907 e. The van der Waals surface area contributed by atoms with E-state index < -0.39 is 0 Å². The molecule has 0 bridgehead atoms. The van der Waals surface area contributed by atoms with E-state index in [4.69, 9.17) is 10.5 Å². The third kappa shape index (κ3) is 3.82. The van der Waals surface area contributed by atoms with E-state index in [0.29, 0.717) is 19.3 Å². The SMILES string of the molecule is CC(C)(N)COCc1ccn(C2CCCC2)n1. The van der Waals surface area contributed by atoms with Gasteiger partial charge in [-0.05, 0) is 32.8 Å². The molecule has 1 aromatic rings. The fourth-order valence-corrected chi connectivity index (χ4v) is 2.25. The highest BCUT2D eigenvalue weighted by molar-refractivity contribution is 4.98. The molecule has 2 rings (SSSR count). The van der Waals surface area contributed by atoms with E-state index in [-0.39, 0.29) is 5.54 Å². The van der Waals surface area contributed by atoms with E-state index in [1.807, 2.05) is 19.9 Å². The molecule has 0 unspecified atom stereocenters. The summed E-state index contributed by atoms with van der Waals surface area (Å²) < 4.78 is 7.66. The summed E-state index contributed by atoms with van der Waals surface area (Å²) in [5.41, 5.74) is 6.58. The van der Waals surface area contributed by atoms with Gasteiger partial charge in [0.05, 0.1) is 24.9 Å². The van der Waals surface area contributed by atoms with Crippen LogP contribution in [0.25, 0.3) is 0 Å². The summed E-state index contributed by atoms with van der Waals surface area (Å²) in [6, 6.07) is 2.65. The number of nitrogens with zero attached hydrogens (tertiary/aromatic N) is 2. The van der Waals surface area contributed by atoms with Crippen LogP contribution in [0.2, 0.25) is 0 Å². The first-order valence-corrected chi connectivity index (χ1v) is 6.45. The predicted octanol–water partition coefficient (Wildman–Crippen LogP) is 2.25. The van der Waals surface area contributed by atoms with Crippen LogP contribution in [0, 0.1) is 0 Å². The van der Waals surface area contributed by atoms with Crippen molar-refractivity contribution in [2.45, 2.75) is 57.7 Å². The lowest BCUT2D eigenvalue weighted by Gasteiger charge is -2.17. The van der Waals surface area contributed by atoms with Crippen molar-refractivity contribution in [3.05, 3.63) is 18.0 Å². The maximum absolute atomic E-state index is 5.85. The Labute approximate surface area is 103 Å². The zero-order valence-electron chi connectivity index (χ0n) is 10.9. The van der Waals surface area contributed by atoms with Crippen molar-refractivity contribution in [2.24, 2.45) is 5.73 Å². The molecule has 0 aliphatic heterocycles. The first-order chi connectivity index (χ1) is 8.04. The number of hydrogen-bond donors (Lipinski definition) is 1. The molecule has 0 radical (unpaired) electrons. The summed E-state index contributed by atoms with van der Waals surface area (Å²) in [6.07, 6.45) is 7.26. The lowest BCUT2D eigenvalue weighted by Crippen LogP contribution is -2.37. The Hall–Kier alpha value is -0.870. The quantitative estimate of drug-likeness (QED) is 0.854. The van der Waals surface area contributed by atoms with Gasteiger partial charge >= 0.3 is 0 Å². The fourth-order valence-electron chi connectivity index (χ4n) is 2.25. The van der Waals surface area contributed by atoms with Crippen molar-refractivity contribution in [3.63, 3.8) is 0 Å². The maximum Gasteiger partial charge on any atom is 0.0907 e. The summed E-state index contributed by atoms with van der Waals surface area (Å²) in [4.78, 5) is 0. The van der Waals surface area contributed by atoms with E-state index in [1.165, 1.54) is 25.7 Å². The van der Waals surface area contributed by atoms with Gasteiger partial charge in [-0.1, -0.05) is 12.8 Å². The van der Waals surface area contributed by atoms with Crippen molar-refractivity contribution in [1.29, 1.82) is 0 Å². The average molecular weight is 237 g/mol. The molecule has 0 spiro atoms. The van der Waals surface area contributed by atoms with Crippen LogP contribution in [-0.4, -0.2) is 21.9 Å². The van der Waals surface area contributed by atoms with E-state index in [9.17, 15) is 0 Å². The van der Waals surface area contributed by atoms with Gasteiger partial charge < -0.3 is 10.5 Å². The van der Waals surface area contributed by atoms with Crippen molar-refractivity contribution in [3.8, 4) is 0 Å². The van der Waals surface area contributed by atoms with E-state index in [1.54, 1.807) is 0 Å². The molecule has 2 N–H and O–H groups in total. The molecule has 0 amide bonds. The zero-order valence-corrected chi connectivity index (χ0v) is 10.9. The minimum absolute atomic E-state index is 0.270. The van der Waals surface area contributed by atoms with Gasteiger partial charge in [0.2, 0.25) is 0 Å². The highest BCUT2D eigenvalue weighted by Gasteiger charge is 2.17. The summed E-state index contributed by atoms with van der Waals surface area (Å²) in [6.45, 7) is 5.04. The van der Waals surface area contributed by atoms with Crippen LogP contribution in [0.4, 0.5) is 0 Å². The maximum atomic E-state index is 5.85. The van der Waals surface area contributed by atoms with Crippen LogP contribution < -0.4 is 5.73 Å². The fraction of sp³-hybridized carbons (Fsp3) is 0.769. The van der Waals surface area contributed by atoms with Crippen molar-refractivity contribution in [2.75, 3.05) is 6.61 Å². The first-order valence-electron chi connectivity index (χ1n) is 6.45. The number of aromatic nitrogens is 2. The standard InChI is InChI=1S/C13H23N3O/c1-13(2,14)10-17-9-11-7-8-16(15-11)12-5-3-4-6-12/h7-8,12H,3-6,9-10,14H2,1-2H3. The lowest BCUT2D eigenvalue weighted by molar-refractivity contribution is 0.0825. The molecule has 4 heteroatoms. The number of ether oxygens (including phenoxy) is 1. The largest absolute Gasteiger partial charge is 0.373 e. The molecule has 1 saturated carbocycles. The van der Waals surface area contributed by atoms with Crippen molar-refractivity contribution < 1.29 is 4.74 Å². The summed E-state index contributed by atoms with van der Waals surface area (Å²) in [5, 5.41) is 4.56. The lowest BCUT2D eigenvalue weighted by atomic mass is 10.1. The number of nitrogens with two attached hydrogens (primary N) is 1. The van der Waals surface area contributed by atoms with Gasteiger partial charge in [-0.15, -0.1) is 0 Å². The van der Waals surface area contributed by atoms with Crippen molar-refractivity contribution >= 4 is 0 Å². The molecule has 1 aliphatic rings. The second-order valence-corrected chi connectivity index (χ2v) is 5.71. The van der Waals surface area contributed by atoms with Gasteiger partial charge in [0.15, 0.2) is 0 Å². The molecule has 96 valence electrons. The summed E-state index contributed by atoms with van der Waals surface area (Å²) in [5.74, 6) is 0. The van der Waals surface area contributed by atoms with Crippen LogP contribution in [0.5, 0.6) is 0 Å². The summed E-state index contributed by atoms with van der Waals surface area (Å²) in [7, 11) is 0. The van der Waals surface area contributed by atoms with E-state index in [0.717, 1.165) is 5.69 Å². The molecule has 0 aromatic carbocycles. The average Bonchev–Trinajstić information content (AvgIpc) is 2.83. The van der Waals surface area contributed by atoms with Crippen LogP contribution in [0.15, 0.2) is 12.3 Å². The Bertz CT molecular complexity index is 348. The zero-order chi connectivity index (χ0) is 12.3. The van der Waals surface area contributed by atoms with Crippen molar-refractivity contribution in [1.82, 2.24) is 9.78 Å². The van der Waals surface area contributed by atoms with Crippen LogP contribution in [0.3, 0.4) is 0 Å². The molecule has 17 heavy (non-hydrogen) atoms. The minimum Gasteiger partial charge on any atom is -0.373 e. The monoisotopic (exact) mass is 237 g/mol. The minimum atomic E-state index is -0.270. The van der Waals surface area contributed by atoms with Gasteiger partial charge in [-0.25, -0.2) is 0 Å². The molecule has 1 aromatic heterocycles. The van der Waals surface area contributed by atoms with Gasteiger partial charge in [0.25, 0.3) is 0 Å². The normalized spacial score (nSPS) is 17.8. The Morgan fingerprint density at radius 3 is 2.82 bits per heavy atom. The van der Waals surface area contributed by atoms with Gasteiger partial charge in [-0.2, -0.15) is 5.10 Å². The Kier molecular flexibility index (Phi) is 3.84. The van der Waals surface area contributed by atoms with Gasteiger partial charge in [0.1, 0.15) is 0 Å². The second-order valence-electron chi connectivity index (χ2n) is 5.71. The molecule has 0 saturated heterocycles. The Morgan fingerprint density at radius 1 is 1.47 bits per heavy atom. The Balaban J connectivity index is 1.81. The molecule has 1 heterocycles. The van der Waals surface area contributed by atoms with Gasteiger partial charge in [-0.3, -0.25) is 4.68 Å². The molecule has 1 aliphatic carbocycles. The molecular weight excluding hydrogens is 214 g/mol. The van der Waals surface area contributed by atoms with E-state index in [2.05, 4.69) is 16.0 Å².